The highest BCUT2D eigenvalue weighted by molar-refractivity contribution is 5.50. The lowest BCUT2D eigenvalue weighted by Gasteiger charge is -2.34. The second-order valence-electron chi connectivity index (χ2n) is 6.12. The van der Waals surface area contributed by atoms with Gasteiger partial charge in [0, 0.05) is 18.0 Å². The molecule has 2 saturated heterocycles. The maximum absolute atomic E-state index is 5.70. The van der Waals surface area contributed by atoms with Crippen LogP contribution in [0.25, 0.3) is 11.6 Å². The summed E-state index contributed by atoms with van der Waals surface area (Å²) >= 11 is 0. The summed E-state index contributed by atoms with van der Waals surface area (Å²) in [5.74, 6) is 2.14. The van der Waals surface area contributed by atoms with Crippen LogP contribution < -0.4 is 5.73 Å². The van der Waals surface area contributed by atoms with Crippen LogP contribution in [0.3, 0.4) is 0 Å². The fourth-order valence-corrected chi connectivity index (χ4v) is 3.70. The number of nitrogens with zero attached hydrogens (tertiary/aromatic N) is 4. The molecule has 0 radical (unpaired) electrons. The zero-order valence-corrected chi connectivity index (χ0v) is 12.1. The Bertz CT molecular complexity index is 641. The number of piperidine rings is 1. The molecule has 21 heavy (non-hydrogen) atoms. The zero-order valence-electron chi connectivity index (χ0n) is 12.1. The average Bonchev–Trinajstić information content (AvgIpc) is 3.02. The minimum atomic E-state index is 0.400. The average molecular weight is 285 g/mol. The fourth-order valence-electron chi connectivity index (χ4n) is 3.70. The Morgan fingerprint density at radius 3 is 2.67 bits per heavy atom. The van der Waals surface area contributed by atoms with Gasteiger partial charge in [-0.1, -0.05) is 11.2 Å². The molecule has 110 valence electrons. The number of nitrogen functional groups attached to an aromatic ring is 1. The minimum Gasteiger partial charge on any atom is -0.384 e. The molecule has 0 aromatic carbocycles. The first-order valence-electron chi connectivity index (χ1n) is 7.49. The molecular weight excluding hydrogens is 266 g/mol. The van der Waals surface area contributed by atoms with Crippen LogP contribution in [0.2, 0.25) is 0 Å². The molecule has 2 aromatic rings. The number of anilines is 1. The summed E-state index contributed by atoms with van der Waals surface area (Å²) in [7, 11) is 2.23. The smallest absolute Gasteiger partial charge is 0.276 e. The lowest BCUT2D eigenvalue weighted by molar-refractivity contribution is 0.157. The van der Waals surface area contributed by atoms with Crippen molar-refractivity contribution >= 4 is 5.82 Å². The van der Waals surface area contributed by atoms with E-state index in [1.807, 2.05) is 12.1 Å². The fraction of sp³-hybridized carbons (Fsp3) is 0.533. The number of aromatic nitrogens is 3. The van der Waals surface area contributed by atoms with Crippen LogP contribution in [0.15, 0.2) is 22.7 Å². The maximum atomic E-state index is 5.70. The third-order valence-electron chi connectivity index (χ3n) is 4.89. The van der Waals surface area contributed by atoms with E-state index in [4.69, 9.17) is 10.3 Å². The molecule has 2 aromatic heterocycles. The summed E-state index contributed by atoms with van der Waals surface area (Å²) in [6, 6.07) is 6.76. The Balaban J connectivity index is 1.58. The number of hydrogen-bond donors (Lipinski definition) is 1. The van der Waals surface area contributed by atoms with Crippen molar-refractivity contribution in [1.82, 2.24) is 20.0 Å². The van der Waals surface area contributed by atoms with Crippen molar-refractivity contribution in [3.8, 4) is 11.6 Å². The van der Waals surface area contributed by atoms with E-state index in [2.05, 4.69) is 27.1 Å². The zero-order chi connectivity index (χ0) is 14.4. The van der Waals surface area contributed by atoms with Gasteiger partial charge in [0.1, 0.15) is 11.5 Å². The van der Waals surface area contributed by atoms with Crippen LogP contribution in [-0.4, -0.2) is 39.2 Å². The van der Waals surface area contributed by atoms with Crippen LogP contribution in [0, 0.1) is 0 Å². The molecule has 2 bridgehead atoms. The predicted octanol–water partition coefficient (Wildman–Crippen LogP) is 2.05. The van der Waals surface area contributed by atoms with Gasteiger partial charge in [0.25, 0.3) is 5.89 Å². The van der Waals surface area contributed by atoms with Gasteiger partial charge in [-0.05, 0) is 44.9 Å². The van der Waals surface area contributed by atoms with Crippen molar-refractivity contribution < 1.29 is 4.52 Å². The molecule has 6 nitrogen and oxygen atoms in total. The Morgan fingerprint density at radius 1 is 1.19 bits per heavy atom. The molecule has 6 heteroatoms. The van der Waals surface area contributed by atoms with Crippen LogP contribution >= 0.6 is 0 Å². The van der Waals surface area contributed by atoms with E-state index >= 15 is 0 Å². The third-order valence-corrected chi connectivity index (χ3v) is 4.89. The lowest BCUT2D eigenvalue weighted by atomic mass is 9.90. The van der Waals surface area contributed by atoms with E-state index < -0.39 is 0 Å². The number of fused-ring (bicyclic) bond motifs is 2. The van der Waals surface area contributed by atoms with Gasteiger partial charge in [0.2, 0.25) is 0 Å². The van der Waals surface area contributed by atoms with Gasteiger partial charge in [-0.25, -0.2) is 4.98 Å². The van der Waals surface area contributed by atoms with E-state index in [1.54, 1.807) is 6.07 Å². The molecule has 0 saturated carbocycles. The van der Waals surface area contributed by atoms with E-state index in [9.17, 15) is 0 Å². The third kappa shape index (κ3) is 2.19. The normalized spacial score (nSPS) is 28.9. The van der Waals surface area contributed by atoms with E-state index in [-0.39, 0.29) is 0 Å². The summed E-state index contributed by atoms with van der Waals surface area (Å²) in [6.45, 7) is 0. The molecule has 4 rings (SSSR count). The number of nitrogens with two attached hydrogens (primary N) is 1. The van der Waals surface area contributed by atoms with Crippen molar-refractivity contribution in [2.45, 2.75) is 43.7 Å². The highest BCUT2D eigenvalue weighted by Gasteiger charge is 2.40. The van der Waals surface area contributed by atoms with Gasteiger partial charge in [-0.3, -0.25) is 0 Å². The van der Waals surface area contributed by atoms with Crippen molar-refractivity contribution in [1.29, 1.82) is 0 Å². The highest BCUT2D eigenvalue weighted by atomic mass is 16.5. The molecule has 2 N–H and O–H groups in total. The Hall–Kier alpha value is -1.95. The largest absolute Gasteiger partial charge is 0.384 e. The van der Waals surface area contributed by atoms with Crippen LogP contribution in [0.4, 0.5) is 5.82 Å². The SMILES string of the molecule is CN1C2CCC1CC(c1noc(-c3cccc(N)n3)n1)C2. The van der Waals surface area contributed by atoms with Gasteiger partial charge in [0.15, 0.2) is 5.82 Å². The van der Waals surface area contributed by atoms with E-state index in [0.717, 1.165) is 18.7 Å². The summed E-state index contributed by atoms with van der Waals surface area (Å²) in [6.07, 6.45) is 4.82. The summed E-state index contributed by atoms with van der Waals surface area (Å²) in [5.41, 5.74) is 6.34. The molecule has 2 aliphatic rings. The van der Waals surface area contributed by atoms with Gasteiger partial charge in [-0.2, -0.15) is 4.98 Å². The molecule has 2 unspecified atom stereocenters. The number of rotatable bonds is 2. The maximum Gasteiger partial charge on any atom is 0.276 e. The first-order chi connectivity index (χ1) is 10.2. The van der Waals surface area contributed by atoms with Gasteiger partial charge in [-0.15, -0.1) is 0 Å². The van der Waals surface area contributed by atoms with Crippen molar-refractivity contribution in [3.63, 3.8) is 0 Å². The van der Waals surface area contributed by atoms with Crippen molar-refractivity contribution in [2.75, 3.05) is 12.8 Å². The highest BCUT2D eigenvalue weighted by Crippen LogP contribution is 2.41. The quantitative estimate of drug-likeness (QED) is 0.909. The molecule has 2 fully saturated rings. The predicted molar refractivity (Wildman–Crippen MR) is 78.5 cm³/mol. The van der Waals surface area contributed by atoms with Crippen molar-refractivity contribution in [3.05, 3.63) is 24.0 Å². The molecule has 2 atom stereocenters. The Labute approximate surface area is 123 Å². The summed E-state index contributed by atoms with van der Waals surface area (Å²) < 4.78 is 5.38. The number of pyridine rings is 1. The monoisotopic (exact) mass is 285 g/mol. The first-order valence-corrected chi connectivity index (χ1v) is 7.49. The van der Waals surface area contributed by atoms with E-state index in [1.165, 1.54) is 12.8 Å². The molecule has 0 spiro atoms. The minimum absolute atomic E-state index is 0.400. The van der Waals surface area contributed by atoms with Crippen molar-refractivity contribution in [2.24, 2.45) is 0 Å². The Kier molecular flexibility index (Phi) is 2.92. The van der Waals surface area contributed by atoms with Gasteiger partial charge in [0.05, 0.1) is 0 Å². The second kappa shape index (κ2) is 4.80. The summed E-state index contributed by atoms with van der Waals surface area (Å²) in [4.78, 5) is 11.3. The van der Waals surface area contributed by atoms with Gasteiger partial charge < -0.3 is 15.2 Å². The van der Waals surface area contributed by atoms with Crippen LogP contribution in [-0.2, 0) is 0 Å². The second-order valence-corrected chi connectivity index (χ2v) is 6.12. The molecule has 4 heterocycles. The van der Waals surface area contributed by atoms with E-state index in [0.29, 0.717) is 35.4 Å². The Morgan fingerprint density at radius 2 is 1.95 bits per heavy atom. The van der Waals surface area contributed by atoms with Crippen LogP contribution in [0.5, 0.6) is 0 Å². The lowest BCUT2D eigenvalue weighted by Crippen LogP contribution is -2.39. The topological polar surface area (TPSA) is 81.1 Å². The molecule has 0 amide bonds. The summed E-state index contributed by atoms with van der Waals surface area (Å²) in [5, 5.41) is 4.18. The first kappa shape index (κ1) is 12.8. The standard InChI is InChI=1S/C15H19N5O/c1-20-10-5-6-11(20)8-9(7-10)14-18-15(21-19-14)12-3-2-4-13(16)17-12/h2-4,9-11H,5-8H2,1H3,(H2,16,17). The molecule has 2 aliphatic heterocycles. The van der Waals surface area contributed by atoms with Crippen LogP contribution in [0.1, 0.15) is 37.4 Å². The molecule has 0 aliphatic carbocycles. The molecular formula is C15H19N5O. The van der Waals surface area contributed by atoms with Gasteiger partial charge >= 0.3 is 0 Å². The number of hydrogen-bond acceptors (Lipinski definition) is 6.